The maximum Gasteiger partial charge on any atom is 0.264 e. The summed E-state index contributed by atoms with van der Waals surface area (Å²) in [5.74, 6) is -2.13. The molecular weight excluding hydrogens is 400 g/mol. The molecule has 1 aromatic heterocycles. The monoisotopic (exact) mass is 422 g/mol. The van der Waals surface area contributed by atoms with E-state index >= 15 is 0 Å². The Balaban J connectivity index is 1.48. The van der Waals surface area contributed by atoms with Crippen LogP contribution in [0.15, 0.2) is 24.4 Å². The van der Waals surface area contributed by atoms with E-state index in [9.17, 15) is 19.2 Å². The molecule has 0 spiro atoms. The lowest BCUT2D eigenvalue weighted by Crippen LogP contribution is -2.54. The number of piperidine rings is 1. The summed E-state index contributed by atoms with van der Waals surface area (Å²) in [7, 11) is 0. The number of likely N-dealkylation sites (tertiary alicyclic amines) is 1. The molecule has 160 valence electrons. The number of hydrogen-bond acceptors (Lipinski definition) is 7. The number of carbonyl (C=O) groups is 4. The minimum Gasteiger partial charge on any atom is -0.295 e. The number of aromatic nitrogens is 3. The van der Waals surface area contributed by atoms with Crippen LogP contribution < -0.4 is 5.32 Å². The van der Waals surface area contributed by atoms with E-state index in [1.165, 1.54) is 4.68 Å². The van der Waals surface area contributed by atoms with Crippen LogP contribution in [-0.2, 0) is 9.59 Å². The molecule has 0 aliphatic carbocycles. The zero-order valence-corrected chi connectivity index (χ0v) is 17.1. The van der Waals surface area contributed by atoms with E-state index in [2.05, 4.69) is 27.5 Å². The first-order valence-electron chi connectivity index (χ1n) is 10.5. The minimum atomic E-state index is -1.00. The molecule has 0 radical (unpaired) electrons. The topological polar surface area (TPSA) is 117 Å². The zero-order valence-electron chi connectivity index (χ0n) is 17.1. The fourth-order valence-corrected chi connectivity index (χ4v) is 4.59. The van der Waals surface area contributed by atoms with Crippen molar-refractivity contribution in [3.63, 3.8) is 0 Å². The number of amides is 4. The molecule has 3 aliphatic heterocycles. The molecule has 1 N–H and O–H groups in total. The lowest BCUT2D eigenvalue weighted by molar-refractivity contribution is -0.136. The largest absolute Gasteiger partial charge is 0.295 e. The van der Waals surface area contributed by atoms with E-state index in [0.29, 0.717) is 5.69 Å². The highest BCUT2D eigenvalue weighted by atomic mass is 16.2. The van der Waals surface area contributed by atoms with Crippen molar-refractivity contribution in [1.82, 2.24) is 30.1 Å². The van der Waals surface area contributed by atoms with Crippen molar-refractivity contribution in [1.29, 1.82) is 0 Å². The van der Waals surface area contributed by atoms with Crippen LogP contribution in [0.5, 0.6) is 0 Å². The van der Waals surface area contributed by atoms with Crippen LogP contribution in [0.2, 0.25) is 0 Å². The van der Waals surface area contributed by atoms with Gasteiger partial charge in [-0.05, 0) is 51.4 Å². The number of nitrogens with zero attached hydrogens (tertiary/aromatic N) is 5. The normalized spacial score (nSPS) is 22.7. The van der Waals surface area contributed by atoms with Gasteiger partial charge in [-0.25, -0.2) is 4.68 Å². The van der Waals surface area contributed by atoms with Gasteiger partial charge in [-0.1, -0.05) is 11.3 Å². The Morgan fingerprint density at radius 1 is 1.10 bits per heavy atom. The van der Waals surface area contributed by atoms with E-state index in [-0.39, 0.29) is 30.0 Å². The van der Waals surface area contributed by atoms with Crippen LogP contribution in [0.4, 0.5) is 0 Å². The molecule has 4 amide bonds. The molecule has 0 bridgehead atoms. The predicted molar refractivity (Wildman–Crippen MR) is 107 cm³/mol. The van der Waals surface area contributed by atoms with E-state index in [4.69, 9.17) is 0 Å². The Labute approximate surface area is 178 Å². The highest BCUT2D eigenvalue weighted by Gasteiger charge is 2.46. The third-order valence-corrected chi connectivity index (χ3v) is 6.32. The van der Waals surface area contributed by atoms with Crippen molar-refractivity contribution in [2.24, 2.45) is 0 Å². The molecule has 10 heteroatoms. The van der Waals surface area contributed by atoms with Crippen molar-refractivity contribution in [3.8, 4) is 5.69 Å². The number of imide groups is 2. The van der Waals surface area contributed by atoms with Gasteiger partial charge >= 0.3 is 0 Å². The maximum atomic E-state index is 13.2. The predicted octanol–water partition coefficient (Wildman–Crippen LogP) is 0.825. The highest BCUT2D eigenvalue weighted by Crippen LogP contribution is 2.32. The third kappa shape index (κ3) is 3.14. The van der Waals surface area contributed by atoms with Crippen molar-refractivity contribution in [3.05, 3.63) is 41.2 Å². The third-order valence-electron chi connectivity index (χ3n) is 6.32. The lowest BCUT2D eigenvalue weighted by atomic mass is 10.0. The molecule has 2 aromatic rings. The van der Waals surface area contributed by atoms with Gasteiger partial charge in [0.05, 0.1) is 34.7 Å². The van der Waals surface area contributed by atoms with Crippen molar-refractivity contribution in [2.75, 3.05) is 13.1 Å². The van der Waals surface area contributed by atoms with E-state index in [0.717, 1.165) is 36.5 Å². The summed E-state index contributed by atoms with van der Waals surface area (Å²) in [4.78, 5) is 53.3. The molecule has 2 atom stereocenters. The number of benzene rings is 1. The SMILES string of the molecule is CC(c1cn(-c2cccc3c2C(=O)N(C2CCC(=O)NC2=O)C3=O)nn1)N1CCCC1. The van der Waals surface area contributed by atoms with Gasteiger partial charge in [-0.15, -0.1) is 5.10 Å². The van der Waals surface area contributed by atoms with Gasteiger partial charge in [0.1, 0.15) is 6.04 Å². The number of hydrogen-bond donors (Lipinski definition) is 1. The molecule has 2 saturated heterocycles. The van der Waals surface area contributed by atoms with Gasteiger partial charge < -0.3 is 0 Å². The zero-order chi connectivity index (χ0) is 21.7. The van der Waals surface area contributed by atoms with Gasteiger partial charge in [0.15, 0.2) is 0 Å². The molecule has 10 nitrogen and oxygen atoms in total. The fraction of sp³-hybridized carbons (Fsp3) is 0.429. The standard InChI is InChI=1S/C21H22N6O4/c1-12(25-9-2-3-10-25)14-11-26(24-23-14)15-6-4-5-13-18(15)21(31)27(20(13)30)16-7-8-17(28)22-19(16)29/h4-6,11-12,16H,2-3,7-10H2,1H3,(H,22,28,29). The summed E-state index contributed by atoms with van der Waals surface area (Å²) in [5, 5.41) is 10.7. The minimum absolute atomic E-state index is 0.0808. The Morgan fingerprint density at radius 3 is 2.61 bits per heavy atom. The Bertz CT molecular complexity index is 1100. The molecule has 5 rings (SSSR count). The number of nitrogens with one attached hydrogen (secondary N) is 1. The summed E-state index contributed by atoms with van der Waals surface area (Å²) < 4.78 is 1.51. The van der Waals surface area contributed by atoms with Gasteiger partial charge in [0.25, 0.3) is 11.8 Å². The Kier molecular flexibility index (Phi) is 4.66. The second-order valence-corrected chi connectivity index (χ2v) is 8.15. The average molecular weight is 422 g/mol. The Morgan fingerprint density at radius 2 is 1.87 bits per heavy atom. The Hall–Kier alpha value is -3.40. The number of fused-ring (bicyclic) bond motifs is 1. The van der Waals surface area contributed by atoms with Gasteiger partial charge in [-0.3, -0.25) is 34.3 Å². The molecule has 2 fully saturated rings. The first-order chi connectivity index (χ1) is 15.0. The molecule has 0 saturated carbocycles. The summed E-state index contributed by atoms with van der Waals surface area (Å²) in [5.41, 5.74) is 1.65. The van der Waals surface area contributed by atoms with Crippen molar-refractivity contribution < 1.29 is 19.2 Å². The number of carbonyl (C=O) groups excluding carboxylic acids is 4. The quantitative estimate of drug-likeness (QED) is 0.725. The van der Waals surface area contributed by atoms with Gasteiger partial charge in [0, 0.05) is 6.42 Å². The molecule has 31 heavy (non-hydrogen) atoms. The summed E-state index contributed by atoms with van der Waals surface area (Å²) in [6, 6.07) is 4.05. The van der Waals surface area contributed by atoms with Crippen LogP contribution in [0, 0.1) is 0 Å². The van der Waals surface area contributed by atoms with Gasteiger partial charge in [0.2, 0.25) is 11.8 Å². The average Bonchev–Trinajstić information content (AvgIpc) is 3.50. The second-order valence-electron chi connectivity index (χ2n) is 8.15. The lowest BCUT2D eigenvalue weighted by Gasteiger charge is -2.27. The van der Waals surface area contributed by atoms with Crippen LogP contribution in [-0.4, -0.2) is 67.6 Å². The molecule has 3 aliphatic rings. The van der Waals surface area contributed by atoms with Crippen molar-refractivity contribution in [2.45, 2.75) is 44.7 Å². The maximum absolute atomic E-state index is 13.2. The van der Waals surface area contributed by atoms with Crippen molar-refractivity contribution >= 4 is 23.6 Å². The fourth-order valence-electron chi connectivity index (χ4n) is 4.59. The second kappa shape index (κ2) is 7.38. The highest BCUT2D eigenvalue weighted by molar-refractivity contribution is 6.24. The molecule has 4 heterocycles. The molecular formula is C21H22N6O4. The van der Waals surface area contributed by atoms with Crippen LogP contribution in [0.1, 0.15) is 65.1 Å². The van der Waals surface area contributed by atoms with Gasteiger partial charge in [-0.2, -0.15) is 0 Å². The summed E-state index contributed by atoms with van der Waals surface area (Å²) in [6.07, 6.45) is 4.31. The van der Waals surface area contributed by atoms with Crippen LogP contribution >= 0.6 is 0 Å². The van der Waals surface area contributed by atoms with Crippen LogP contribution in [0.25, 0.3) is 5.69 Å². The first kappa shape index (κ1) is 19.6. The number of rotatable bonds is 4. The molecule has 2 unspecified atom stereocenters. The summed E-state index contributed by atoms with van der Waals surface area (Å²) in [6.45, 7) is 4.11. The smallest absolute Gasteiger partial charge is 0.264 e. The van der Waals surface area contributed by atoms with Crippen LogP contribution in [0.3, 0.4) is 0 Å². The van der Waals surface area contributed by atoms with E-state index < -0.39 is 29.7 Å². The summed E-state index contributed by atoms with van der Waals surface area (Å²) >= 11 is 0. The van der Waals surface area contributed by atoms with E-state index in [1.54, 1.807) is 24.4 Å². The first-order valence-corrected chi connectivity index (χ1v) is 10.5. The van der Waals surface area contributed by atoms with E-state index in [1.807, 2.05) is 0 Å². The molecule has 1 aromatic carbocycles.